The number of likely N-dealkylation sites (N-methyl/N-ethyl adjacent to an activating group) is 1. The van der Waals surface area contributed by atoms with Crippen molar-refractivity contribution in [2.24, 2.45) is 0 Å². The molecule has 0 aliphatic carbocycles. The molecule has 1 fully saturated rings. The Morgan fingerprint density at radius 1 is 1.12 bits per heavy atom. The number of carbonyl (C=O) groups is 1. The zero-order valence-corrected chi connectivity index (χ0v) is 19.1. The highest BCUT2D eigenvalue weighted by atomic mass is 32.1. The monoisotopic (exact) mass is 442 g/mol. The third-order valence-corrected chi connectivity index (χ3v) is 7.09. The molecule has 1 N–H and O–H groups in total. The first-order valence-corrected chi connectivity index (χ1v) is 11.7. The number of benzene rings is 3. The Labute approximate surface area is 192 Å². The van der Waals surface area contributed by atoms with Gasteiger partial charge in [0, 0.05) is 30.9 Å². The lowest BCUT2D eigenvalue weighted by Crippen LogP contribution is -2.31. The molecule has 0 unspecified atom stereocenters. The fourth-order valence-corrected chi connectivity index (χ4v) is 5.17. The minimum Gasteiger partial charge on any atom is -0.346 e. The van der Waals surface area contributed by atoms with E-state index < -0.39 is 0 Å². The van der Waals surface area contributed by atoms with Gasteiger partial charge >= 0.3 is 0 Å². The zero-order chi connectivity index (χ0) is 22.1. The fourth-order valence-electron chi connectivity index (χ4n) is 4.13. The van der Waals surface area contributed by atoms with Crippen LogP contribution < -0.4 is 10.2 Å². The molecule has 1 saturated heterocycles. The molecule has 1 aromatic heterocycles. The van der Waals surface area contributed by atoms with E-state index in [1.165, 1.54) is 5.39 Å². The Bertz CT molecular complexity index is 1310. The van der Waals surface area contributed by atoms with Gasteiger partial charge in [0.1, 0.15) is 0 Å². The molecule has 4 aromatic rings. The molecule has 1 amide bonds. The summed E-state index contributed by atoms with van der Waals surface area (Å²) < 4.78 is 1.09. The van der Waals surface area contributed by atoms with Crippen molar-refractivity contribution in [1.29, 1.82) is 0 Å². The number of rotatable bonds is 5. The van der Waals surface area contributed by atoms with Gasteiger partial charge in [-0.2, -0.15) is 0 Å². The average Bonchev–Trinajstić information content (AvgIpc) is 3.44. The summed E-state index contributed by atoms with van der Waals surface area (Å²) in [6, 6.07) is 20.9. The molecule has 32 heavy (non-hydrogen) atoms. The predicted molar refractivity (Wildman–Crippen MR) is 136 cm³/mol. The molecule has 1 aliphatic heterocycles. The van der Waals surface area contributed by atoms with Crippen LogP contribution in [0.25, 0.3) is 27.1 Å². The normalized spacial score (nSPS) is 16.6. The third kappa shape index (κ3) is 4.38. The maximum atomic E-state index is 12.5. The smallest absolute Gasteiger partial charge is 0.248 e. The van der Waals surface area contributed by atoms with Gasteiger partial charge in [0.05, 0.1) is 10.2 Å². The number of carbonyl (C=O) groups excluding carboxylic acids is 1. The Balaban J connectivity index is 1.27. The van der Waals surface area contributed by atoms with Crippen LogP contribution in [-0.4, -0.2) is 49.0 Å². The maximum Gasteiger partial charge on any atom is 0.248 e. The minimum absolute atomic E-state index is 0.143. The van der Waals surface area contributed by atoms with Crippen LogP contribution in [-0.2, 0) is 4.79 Å². The number of hydrogen-bond acceptors (Lipinski definition) is 5. The van der Waals surface area contributed by atoms with Crippen LogP contribution in [0.1, 0.15) is 12.0 Å². The summed E-state index contributed by atoms with van der Waals surface area (Å²) in [6.45, 7) is 2.04. The summed E-state index contributed by atoms with van der Waals surface area (Å²) >= 11 is 1.69. The van der Waals surface area contributed by atoms with E-state index in [4.69, 9.17) is 4.98 Å². The Morgan fingerprint density at radius 2 is 1.97 bits per heavy atom. The van der Waals surface area contributed by atoms with Crippen LogP contribution in [0.5, 0.6) is 0 Å². The third-order valence-electron chi connectivity index (χ3n) is 6.01. The number of anilines is 2. The van der Waals surface area contributed by atoms with Gasteiger partial charge in [0.25, 0.3) is 0 Å². The fraction of sp³-hybridized carbons (Fsp3) is 0.231. The van der Waals surface area contributed by atoms with Gasteiger partial charge in [0.2, 0.25) is 5.91 Å². The number of nitrogens with one attached hydrogen (secondary N) is 1. The molecule has 2 heterocycles. The number of hydrogen-bond donors (Lipinski definition) is 1. The van der Waals surface area contributed by atoms with E-state index in [1.807, 2.05) is 42.5 Å². The second kappa shape index (κ2) is 8.73. The number of thiazole rings is 1. The van der Waals surface area contributed by atoms with Crippen LogP contribution in [0.3, 0.4) is 0 Å². The molecule has 5 nitrogen and oxygen atoms in total. The van der Waals surface area contributed by atoms with E-state index in [0.717, 1.165) is 51.5 Å². The van der Waals surface area contributed by atoms with E-state index >= 15 is 0 Å². The highest BCUT2D eigenvalue weighted by molar-refractivity contribution is 7.22. The zero-order valence-electron chi connectivity index (χ0n) is 18.3. The quantitative estimate of drug-likeness (QED) is 0.429. The molecule has 1 aliphatic rings. The summed E-state index contributed by atoms with van der Waals surface area (Å²) in [7, 11) is 4.27. The van der Waals surface area contributed by atoms with E-state index in [1.54, 1.807) is 17.4 Å². The molecule has 162 valence electrons. The van der Waals surface area contributed by atoms with Crippen molar-refractivity contribution in [3.63, 3.8) is 0 Å². The van der Waals surface area contributed by atoms with E-state index in [0.29, 0.717) is 6.04 Å². The lowest BCUT2D eigenvalue weighted by molar-refractivity contribution is -0.111. The molecule has 1 atom stereocenters. The van der Waals surface area contributed by atoms with Gasteiger partial charge in [-0.1, -0.05) is 47.7 Å². The van der Waals surface area contributed by atoms with Gasteiger partial charge in [-0.25, -0.2) is 4.98 Å². The number of aromatic nitrogens is 1. The molecule has 0 radical (unpaired) electrons. The van der Waals surface area contributed by atoms with E-state index in [-0.39, 0.29) is 5.91 Å². The first-order valence-electron chi connectivity index (χ1n) is 10.8. The molecular weight excluding hydrogens is 416 g/mol. The second-order valence-corrected chi connectivity index (χ2v) is 9.47. The Kier molecular flexibility index (Phi) is 5.64. The van der Waals surface area contributed by atoms with Crippen LogP contribution in [0.15, 0.2) is 66.7 Å². The lowest BCUT2D eigenvalue weighted by Gasteiger charge is -2.19. The molecule has 0 saturated carbocycles. The van der Waals surface area contributed by atoms with Crippen LogP contribution in [0.4, 0.5) is 10.8 Å². The van der Waals surface area contributed by atoms with E-state index in [9.17, 15) is 4.79 Å². The van der Waals surface area contributed by atoms with Crippen molar-refractivity contribution in [2.45, 2.75) is 12.5 Å². The van der Waals surface area contributed by atoms with Gasteiger partial charge in [-0.3, -0.25) is 4.79 Å². The molecule has 5 rings (SSSR count). The van der Waals surface area contributed by atoms with Crippen LogP contribution in [0.2, 0.25) is 0 Å². The second-order valence-electron chi connectivity index (χ2n) is 8.46. The lowest BCUT2D eigenvalue weighted by atomic mass is 10.1. The topological polar surface area (TPSA) is 48.5 Å². The van der Waals surface area contributed by atoms with Gasteiger partial charge < -0.3 is 15.1 Å². The summed E-state index contributed by atoms with van der Waals surface area (Å²) in [5, 5.41) is 6.39. The average molecular weight is 443 g/mol. The summed E-state index contributed by atoms with van der Waals surface area (Å²) in [5.74, 6) is -0.143. The largest absolute Gasteiger partial charge is 0.346 e. The highest BCUT2D eigenvalue weighted by Gasteiger charge is 2.26. The van der Waals surface area contributed by atoms with Crippen LogP contribution in [0, 0.1) is 0 Å². The Hall–Kier alpha value is -3.22. The first kappa shape index (κ1) is 20.7. The maximum absolute atomic E-state index is 12.5. The first-order chi connectivity index (χ1) is 15.5. The summed E-state index contributed by atoms with van der Waals surface area (Å²) in [5.41, 5.74) is 2.76. The molecule has 0 bridgehead atoms. The van der Waals surface area contributed by atoms with Crippen molar-refractivity contribution in [1.82, 2.24) is 9.88 Å². The standard InChI is InChI=1S/C26H26N4OS/c1-29(2)22-13-14-30(17-22)26-28-23-11-10-21(16-24(23)32-26)27-25(31)12-8-18-7-9-19-5-3-4-6-20(19)15-18/h3-12,15-16,22H,13-14,17H2,1-2H3,(H,27,31)/t22-/m1/s1. The summed E-state index contributed by atoms with van der Waals surface area (Å²) in [4.78, 5) is 21.9. The number of fused-ring (bicyclic) bond motifs is 2. The molecular formula is C26H26N4OS. The van der Waals surface area contributed by atoms with Crippen molar-refractivity contribution < 1.29 is 4.79 Å². The minimum atomic E-state index is -0.143. The van der Waals surface area contributed by atoms with Gasteiger partial charge in [-0.05, 0) is 67.2 Å². The van der Waals surface area contributed by atoms with E-state index in [2.05, 4.69) is 53.5 Å². The van der Waals surface area contributed by atoms with Crippen molar-refractivity contribution in [3.8, 4) is 0 Å². The molecule has 3 aromatic carbocycles. The van der Waals surface area contributed by atoms with Crippen molar-refractivity contribution in [3.05, 3.63) is 72.3 Å². The predicted octanol–water partition coefficient (Wildman–Crippen LogP) is 5.24. The van der Waals surface area contributed by atoms with Gasteiger partial charge in [0.15, 0.2) is 5.13 Å². The Morgan fingerprint density at radius 3 is 2.78 bits per heavy atom. The van der Waals surface area contributed by atoms with Crippen molar-refractivity contribution >= 4 is 55.1 Å². The van der Waals surface area contributed by atoms with Crippen LogP contribution >= 0.6 is 11.3 Å². The van der Waals surface area contributed by atoms with Crippen molar-refractivity contribution in [2.75, 3.05) is 37.4 Å². The number of nitrogens with zero attached hydrogens (tertiary/aromatic N) is 3. The SMILES string of the molecule is CN(C)[C@@H]1CCN(c2nc3ccc(NC(=O)C=Cc4ccc5ccccc5c4)cc3s2)C1. The molecule has 6 heteroatoms. The summed E-state index contributed by atoms with van der Waals surface area (Å²) in [6.07, 6.45) is 4.59. The van der Waals surface area contributed by atoms with Gasteiger partial charge in [-0.15, -0.1) is 0 Å². The highest BCUT2D eigenvalue weighted by Crippen LogP contribution is 2.33. The number of amides is 1. The molecule has 0 spiro atoms.